The Kier molecular flexibility index (Phi) is 4.02. The minimum Gasteiger partial charge on any atom is -0.377 e. The van der Waals surface area contributed by atoms with Crippen LogP contribution in [0.4, 0.5) is 5.69 Å². The number of ketones is 1. The highest BCUT2D eigenvalue weighted by Crippen LogP contribution is 2.30. The van der Waals surface area contributed by atoms with Crippen LogP contribution in [0.5, 0.6) is 0 Å². The molecule has 0 radical (unpaired) electrons. The maximum absolute atomic E-state index is 11.0. The molecular formula is C13H17ClN2O. The van der Waals surface area contributed by atoms with E-state index in [9.17, 15) is 4.79 Å². The molecule has 1 aliphatic rings. The Labute approximate surface area is 107 Å². The van der Waals surface area contributed by atoms with Crippen LogP contribution in [0, 0.1) is 0 Å². The molecule has 0 spiro atoms. The minimum atomic E-state index is 0.109. The third kappa shape index (κ3) is 2.99. The first kappa shape index (κ1) is 12.4. The van der Waals surface area contributed by atoms with E-state index < -0.39 is 0 Å². The third-order valence-electron chi connectivity index (χ3n) is 2.99. The summed E-state index contributed by atoms with van der Waals surface area (Å²) < 4.78 is 0. The van der Waals surface area contributed by atoms with Gasteiger partial charge in [0.1, 0.15) is 5.78 Å². The number of hydrogen-bond donors (Lipinski definition) is 2. The molecule has 0 aromatic heterocycles. The van der Waals surface area contributed by atoms with Crippen molar-refractivity contribution in [2.45, 2.75) is 19.8 Å². The molecule has 17 heavy (non-hydrogen) atoms. The lowest BCUT2D eigenvalue weighted by atomic mass is 10.0. The first-order chi connectivity index (χ1) is 8.18. The number of halogens is 1. The van der Waals surface area contributed by atoms with Gasteiger partial charge in [-0.25, -0.2) is 0 Å². The van der Waals surface area contributed by atoms with Gasteiger partial charge in [0.2, 0.25) is 0 Å². The van der Waals surface area contributed by atoms with E-state index in [2.05, 4.69) is 16.7 Å². The summed E-state index contributed by atoms with van der Waals surface area (Å²) in [5.41, 5.74) is 3.39. The maximum Gasteiger partial charge on any atom is 0.148 e. The molecule has 1 aromatic carbocycles. The Hall–Kier alpha value is -1.06. The van der Waals surface area contributed by atoms with E-state index in [1.165, 1.54) is 11.1 Å². The molecule has 0 saturated heterocycles. The molecule has 1 aliphatic heterocycles. The Morgan fingerprint density at radius 3 is 2.94 bits per heavy atom. The lowest BCUT2D eigenvalue weighted by Crippen LogP contribution is -2.16. The van der Waals surface area contributed by atoms with Crippen molar-refractivity contribution in [2.75, 3.05) is 25.0 Å². The first-order valence-electron chi connectivity index (χ1n) is 5.93. The molecule has 0 atom stereocenters. The Morgan fingerprint density at radius 1 is 1.41 bits per heavy atom. The predicted octanol–water partition coefficient (Wildman–Crippen LogP) is 2.03. The van der Waals surface area contributed by atoms with E-state index in [0.717, 1.165) is 36.6 Å². The molecule has 0 saturated carbocycles. The lowest BCUT2D eigenvalue weighted by molar-refractivity contribution is -0.115. The van der Waals surface area contributed by atoms with E-state index in [-0.39, 0.29) is 5.78 Å². The van der Waals surface area contributed by atoms with Crippen molar-refractivity contribution in [1.82, 2.24) is 5.32 Å². The van der Waals surface area contributed by atoms with Gasteiger partial charge in [0.15, 0.2) is 0 Å². The lowest BCUT2D eigenvalue weighted by Gasteiger charge is -2.13. The van der Waals surface area contributed by atoms with Gasteiger partial charge in [0.25, 0.3) is 0 Å². The molecule has 92 valence electrons. The van der Waals surface area contributed by atoms with Gasteiger partial charge in [-0.2, -0.15) is 0 Å². The van der Waals surface area contributed by atoms with Crippen molar-refractivity contribution in [3.8, 4) is 0 Å². The topological polar surface area (TPSA) is 41.1 Å². The van der Waals surface area contributed by atoms with Crippen LogP contribution < -0.4 is 10.6 Å². The second kappa shape index (κ2) is 5.52. The fraction of sp³-hybridized carbons (Fsp3) is 0.462. The number of carbonyl (C=O) groups excluding carboxylic acids is 1. The van der Waals surface area contributed by atoms with Crippen LogP contribution in [0.2, 0.25) is 5.02 Å². The quantitative estimate of drug-likeness (QED) is 0.865. The molecule has 4 heteroatoms. The zero-order valence-corrected chi connectivity index (χ0v) is 10.7. The summed E-state index contributed by atoms with van der Waals surface area (Å²) in [6.45, 7) is 3.86. The SMILES string of the molecule is CC(=O)CNc1ccc2c(c1Cl)CCNCC2. The maximum atomic E-state index is 11.0. The molecule has 0 unspecified atom stereocenters. The normalized spacial score (nSPS) is 14.9. The second-order valence-electron chi connectivity index (χ2n) is 4.37. The smallest absolute Gasteiger partial charge is 0.148 e. The van der Waals surface area contributed by atoms with E-state index in [1.807, 2.05) is 6.07 Å². The van der Waals surface area contributed by atoms with Crippen LogP contribution in [0.15, 0.2) is 12.1 Å². The summed E-state index contributed by atoms with van der Waals surface area (Å²) in [5.74, 6) is 0.109. The predicted molar refractivity (Wildman–Crippen MR) is 70.9 cm³/mol. The molecule has 0 aliphatic carbocycles. The Balaban J connectivity index is 2.24. The zero-order chi connectivity index (χ0) is 12.3. The zero-order valence-electron chi connectivity index (χ0n) is 9.98. The van der Waals surface area contributed by atoms with Gasteiger partial charge < -0.3 is 10.6 Å². The summed E-state index contributed by atoms with van der Waals surface area (Å²) in [4.78, 5) is 11.0. The molecular weight excluding hydrogens is 236 g/mol. The van der Waals surface area contributed by atoms with E-state index >= 15 is 0 Å². The summed E-state index contributed by atoms with van der Waals surface area (Å²) in [6, 6.07) is 4.08. The summed E-state index contributed by atoms with van der Waals surface area (Å²) >= 11 is 6.38. The molecule has 1 aromatic rings. The minimum absolute atomic E-state index is 0.109. The van der Waals surface area contributed by atoms with Crippen LogP contribution >= 0.6 is 11.6 Å². The number of nitrogens with one attached hydrogen (secondary N) is 2. The monoisotopic (exact) mass is 252 g/mol. The van der Waals surface area contributed by atoms with Crippen LogP contribution in [0.25, 0.3) is 0 Å². The van der Waals surface area contributed by atoms with Crippen molar-refractivity contribution in [3.63, 3.8) is 0 Å². The van der Waals surface area contributed by atoms with Crippen LogP contribution in [0.1, 0.15) is 18.1 Å². The van der Waals surface area contributed by atoms with Gasteiger partial charge in [-0.1, -0.05) is 17.7 Å². The highest BCUT2D eigenvalue weighted by Gasteiger charge is 2.13. The Morgan fingerprint density at radius 2 is 2.18 bits per heavy atom. The van der Waals surface area contributed by atoms with Gasteiger partial charge in [-0.05, 0) is 50.0 Å². The van der Waals surface area contributed by atoms with Gasteiger partial charge in [-0.3, -0.25) is 4.79 Å². The fourth-order valence-corrected chi connectivity index (χ4v) is 2.43. The third-order valence-corrected chi connectivity index (χ3v) is 3.42. The summed E-state index contributed by atoms with van der Waals surface area (Å²) in [5, 5.41) is 7.21. The largest absolute Gasteiger partial charge is 0.377 e. The Bertz CT molecular complexity index is 432. The van der Waals surface area contributed by atoms with Gasteiger partial charge in [-0.15, -0.1) is 0 Å². The van der Waals surface area contributed by atoms with Crippen molar-refractivity contribution in [3.05, 3.63) is 28.3 Å². The van der Waals surface area contributed by atoms with Crippen molar-refractivity contribution in [2.24, 2.45) is 0 Å². The summed E-state index contributed by atoms with van der Waals surface area (Å²) in [6.07, 6.45) is 1.96. The van der Waals surface area contributed by atoms with Gasteiger partial charge in [0.05, 0.1) is 17.3 Å². The summed E-state index contributed by atoms with van der Waals surface area (Å²) in [7, 11) is 0. The molecule has 2 rings (SSSR count). The standard InChI is InChI=1S/C13H17ClN2O/c1-9(17)8-16-12-3-2-10-4-6-15-7-5-11(10)13(12)14/h2-3,15-16H,4-8H2,1H3. The number of Topliss-reactive ketones (excluding diaryl/α,β-unsaturated/α-hetero) is 1. The van der Waals surface area contributed by atoms with E-state index in [0.29, 0.717) is 6.54 Å². The average Bonchev–Trinajstić information content (AvgIpc) is 2.53. The highest BCUT2D eigenvalue weighted by molar-refractivity contribution is 6.34. The number of benzene rings is 1. The molecule has 2 N–H and O–H groups in total. The number of carbonyl (C=O) groups is 1. The van der Waals surface area contributed by atoms with Gasteiger partial charge in [0, 0.05) is 0 Å². The van der Waals surface area contributed by atoms with Gasteiger partial charge >= 0.3 is 0 Å². The highest BCUT2D eigenvalue weighted by atomic mass is 35.5. The first-order valence-corrected chi connectivity index (χ1v) is 6.30. The van der Waals surface area contributed by atoms with Crippen molar-refractivity contribution >= 4 is 23.1 Å². The average molecular weight is 253 g/mol. The number of fused-ring (bicyclic) bond motifs is 1. The van der Waals surface area contributed by atoms with Crippen LogP contribution in [-0.4, -0.2) is 25.4 Å². The molecule has 0 fully saturated rings. The number of rotatable bonds is 3. The van der Waals surface area contributed by atoms with E-state index in [1.54, 1.807) is 6.92 Å². The van der Waals surface area contributed by atoms with E-state index in [4.69, 9.17) is 11.6 Å². The molecule has 0 amide bonds. The number of anilines is 1. The van der Waals surface area contributed by atoms with Crippen molar-refractivity contribution in [1.29, 1.82) is 0 Å². The number of hydrogen-bond acceptors (Lipinski definition) is 3. The molecule has 3 nitrogen and oxygen atoms in total. The molecule has 0 bridgehead atoms. The molecule has 1 heterocycles. The van der Waals surface area contributed by atoms with Crippen molar-refractivity contribution < 1.29 is 4.79 Å². The van der Waals surface area contributed by atoms with Crippen LogP contribution in [-0.2, 0) is 17.6 Å². The second-order valence-corrected chi connectivity index (χ2v) is 4.75. The van der Waals surface area contributed by atoms with Crippen LogP contribution in [0.3, 0.4) is 0 Å². The fourth-order valence-electron chi connectivity index (χ4n) is 2.08.